The van der Waals surface area contributed by atoms with Gasteiger partial charge in [0.25, 0.3) is 0 Å². The molecule has 0 spiro atoms. The third kappa shape index (κ3) is 5.72. The zero-order valence-corrected chi connectivity index (χ0v) is 21.4. The van der Waals surface area contributed by atoms with E-state index in [1.54, 1.807) is 45.6 Å². The van der Waals surface area contributed by atoms with Crippen molar-refractivity contribution in [1.29, 1.82) is 0 Å². The Hall–Kier alpha value is -3.98. The van der Waals surface area contributed by atoms with Crippen molar-refractivity contribution in [2.45, 2.75) is 31.8 Å². The summed E-state index contributed by atoms with van der Waals surface area (Å²) in [6.45, 7) is 1.72. The van der Waals surface area contributed by atoms with E-state index in [-0.39, 0.29) is 12.2 Å². The Labute approximate surface area is 215 Å². The van der Waals surface area contributed by atoms with E-state index in [9.17, 15) is 14.7 Å². The fraction of sp³-hybridized carbons (Fsp3) is 0.357. The maximum atomic E-state index is 12.8. The van der Waals surface area contributed by atoms with Gasteiger partial charge in [-0.15, -0.1) is 0 Å². The summed E-state index contributed by atoms with van der Waals surface area (Å²) in [6, 6.07) is 12.3. The largest absolute Gasteiger partial charge is 0.502 e. The lowest BCUT2D eigenvalue weighted by Crippen LogP contribution is -2.30. The number of nitrogens with zero attached hydrogens (tertiary/aromatic N) is 1. The minimum absolute atomic E-state index is 0.0295. The maximum Gasteiger partial charge on any atom is 0.306 e. The van der Waals surface area contributed by atoms with Crippen LogP contribution in [-0.2, 0) is 29.0 Å². The number of methoxy groups -OCH3 is 4. The van der Waals surface area contributed by atoms with Gasteiger partial charge in [-0.05, 0) is 47.4 Å². The molecule has 2 aromatic carbocycles. The van der Waals surface area contributed by atoms with Crippen LogP contribution in [0.1, 0.15) is 40.5 Å². The molecule has 1 N–H and O–H groups in total. The van der Waals surface area contributed by atoms with Crippen LogP contribution in [0.2, 0.25) is 0 Å². The van der Waals surface area contributed by atoms with E-state index < -0.39 is 23.1 Å². The molecule has 4 rings (SSSR count). The van der Waals surface area contributed by atoms with Gasteiger partial charge in [-0.2, -0.15) is 0 Å². The van der Waals surface area contributed by atoms with E-state index in [1.807, 2.05) is 12.1 Å². The van der Waals surface area contributed by atoms with E-state index in [1.165, 1.54) is 18.7 Å². The van der Waals surface area contributed by atoms with Gasteiger partial charge in [-0.25, -0.2) is 0 Å². The predicted molar refractivity (Wildman–Crippen MR) is 135 cm³/mol. The number of aromatic hydroxyl groups is 1. The topological polar surface area (TPSA) is 108 Å². The van der Waals surface area contributed by atoms with Crippen molar-refractivity contribution in [3.8, 4) is 23.0 Å². The molecule has 1 aliphatic heterocycles. The molecule has 1 aliphatic rings. The number of carbonyl (C=O) groups is 1. The van der Waals surface area contributed by atoms with E-state index in [0.29, 0.717) is 41.7 Å². The summed E-state index contributed by atoms with van der Waals surface area (Å²) < 4.78 is 27.1. The number of hydrogen-bond donors (Lipinski definition) is 1. The predicted octanol–water partition coefficient (Wildman–Crippen LogP) is 3.62. The van der Waals surface area contributed by atoms with Gasteiger partial charge in [0.2, 0.25) is 11.2 Å². The summed E-state index contributed by atoms with van der Waals surface area (Å²) in [5.74, 6) is 0.682. The van der Waals surface area contributed by atoms with Crippen molar-refractivity contribution >= 4 is 5.97 Å². The molecule has 2 heterocycles. The molecule has 1 aromatic heterocycles. The van der Waals surface area contributed by atoms with Crippen molar-refractivity contribution in [1.82, 2.24) is 4.90 Å². The molecule has 0 amide bonds. The van der Waals surface area contributed by atoms with Crippen molar-refractivity contribution in [2.24, 2.45) is 0 Å². The lowest BCUT2D eigenvalue weighted by Gasteiger charge is -2.29. The van der Waals surface area contributed by atoms with Crippen molar-refractivity contribution in [2.75, 3.05) is 35.0 Å². The second-order valence-corrected chi connectivity index (χ2v) is 8.83. The number of carbonyl (C=O) groups excluding carboxylic acids is 1. The summed E-state index contributed by atoms with van der Waals surface area (Å²) in [4.78, 5) is 27.1. The van der Waals surface area contributed by atoms with Crippen LogP contribution in [0.15, 0.2) is 51.7 Å². The molecule has 37 heavy (non-hydrogen) atoms. The Balaban J connectivity index is 1.64. The number of benzene rings is 2. The Morgan fingerprint density at radius 3 is 2.30 bits per heavy atom. The molecular weight excluding hydrogens is 478 g/mol. The fourth-order valence-electron chi connectivity index (χ4n) is 4.61. The molecule has 196 valence electrons. The molecule has 0 radical (unpaired) electrons. The highest BCUT2D eigenvalue weighted by Gasteiger charge is 2.27. The monoisotopic (exact) mass is 509 g/mol. The first-order valence-corrected chi connectivity index (χ1v) is 11.9. The van der Waals surface area contributed by atoms with Gasteiger partial charge < -0.3 is 28.5 Å². The standard InChI is InChI=1S/C28H31NO8/c1-33-20-7-5-17(6-8-20)22(14-26(31)36-4)28-27(32)23(30)13-21(37-28)16-29-10-9-18-11-24(34-2)25(35-3)12-19(18)15-29/h5-8,11-13,22,32H,9-10,14-16H2,1-4H3. The molecule has 0 saturated heterocycles. The Bertz CT molecular complexity index is 1310. The van der Waals surface area contributed by atoms with Crippen LogP contribution in [0.3, 0.4) is 0 Å². The van der Waals surface area contributed by atoms with E-state index in [2.05, 4.69) is 4.90 Å². The average molecular weight is 510 g/mol. The second kappa shape index (κ2) is 11.4. The normalized spacial score (nSPS) is 13.9. The van der Waals surface area contributed by atoms with Crippen LogP contribution in [0.4, 0.5) is 0 Å². The second-order valence-electron chi connectivity index (χ2n) is 8.83. The minimum Gasteiger partial charge on any atom is -0.502 e. The molecule has 0 bridgehead atoms. The average Bonchev–Trinajstić information content (AvgIpc) is 2.92. The van der Waals surface area contributed by atoms with Gasteiger partial charge in [-0.3, -0.25) is 14.5 Å². The first-order valence-electron chi connectivity index (χ1n) is 11.9. The molecule has 1 unspecified atom stereocenters. The molecular formula is C28H31NO8. The SMILES string of the molecule is COC(=O)CC(c1ccc(OC)cc1)c1oc(CN2CCc3cc(OC)c(OC)cc3C2)cc(=O)c1O. The number of esters is 1. The lowest BCUT2D eigenvalue weighted by molar-refractivity contribution is -0.140. The number of rotatable bonds is 9. The van der Waals surface area contributed by atoms with Gasteiger partial charge in [-0.1, -0.05) is 12.1 Å². The van der Waals surface area contributed by atoms with Crippen LogP contribution in [0, 0.1) is 0 Å². The zero-order valence-electron chi connectivity index (χ0n) is 21.4. The quantitative estimate of drug-likeness (QED) is 0.433. The zero-order chi connectivity index (χ0) is 26.5. The first kappa shape index (κ1) is 26.1. The number of hydrogen-bond acceptors (Lipinski definition) is 9. The van der Waals surface area contributed by atoms with E-state index >= 15 is 0 Å². The molecule has 3 aromatic rings. The number of ether oxygens (including phenoxy) is 4. The summed E-state index contributed by atoms with van der Waals surface area (Å²) in [6.07, 6.45) is 0.684. The molecule has 1 atom stereocenters. The van der Waals surface area contributed by atoms with Gasteiger partial charge in [0, 0.05) is 19.2 Å². The molecule has 0 aliphatic carbocycles. The third-order valence-electron chi connectivity index (χ3n) is 6.61. The molecule has 0 fully saturated rings. The highest BCUT2D eigenvalue weighted by molar-refractivity contribution is 5.71. The van der Waals surface area contributed by atoms with Gasteiger partial charge in [0.05, 0.1) is 47.3 Å². The van der Waals surface area contributed by atoms with Crippen molar-refractivity contribution < 1.29 is 33.3 Å². The van der Waals surface area contributed by atoms with Gasteiger partial charge >= 0.3 is 5.97 Å². The smallest absolute Gasteiger partial charge is 0.306 e. The van der Waals surface area contributed by atoms with Gasteiger partial charge in [0.15, 0.2) is 17.3 Å². The third-order valence-corrected chi connectivity index (χ3v) is 6.61. The summed E-state index contributed by atoms with van der Waals surface area (Å²) in [7, 11) is 6.06. The van der Waals surface area contributed by atoms with E-state index in [0.717, 1.165) is 18.5 Å². The highest BCUT2D eigenvalue weighted by Crippen LogP contribution is 2.36. The summed E-state index contributed by atoms with van der Waals surface area (Å²) >= 11 is 0. The van der Waals surface area contributed by atoms with Crippen molar-refractivity contribution in [3.05, 3.63) is 80.9 Å². The summed E-state index contributed by atoms with van der Waals surface area (Å²) in [5.41, 5.74) is 2.39. The van der Waals surface area contributed by atoms with Crippen LogP contribution in [0.5, 0.6) is 23.0 Å². The Morgan fingerprint density at radius 1 is 1.00 bits per heavy atom. The fourth-order valence-corrected chi connectivity index (χ4v) is 4.61. The Morgan fingerprint density at radius 2 is 1.68 bits per heavy atom. The highest BCUT2D eigenvalue weighted by atomic mass is 16.5. The number of fused-ring (bicyclic) bond motifs is 1. The molecule has 9 nitrogen and oxygen atoms in total. The summed E-state index contributed by atoms with van der Waals surface area (Å²) in [5, 5.41) is 10.7. The van der Waals surface area contributed by atoms with Gasteiger partial charge in [0.1, 0.15) is 11.5 Å². The van der Waals surface area contributed by atoms with Crippen LogP contribution < -0.4 is 19.6 Å². The molecule has 9 heteroatoms. The lowest BCUT2D eigenvalue weighted by atomic mass is 9.92. The first-order chi connectivity index (χ1) is 17.9. The van der Waals surface area contributed by atoms with Crippen molar-refractivity contribution in [3.63, 3.8) is 0 Å². The van der Waals surface area contributed by atoms with E-state index in [4.69, 9.17) is 23.4 Å². The van der Waals surface area contributed by atoms with Crippen LogP contribution in [-0.4, -0.2) is 51.0 Å². The molecule has 0 saturated carbocycles. The maximum absolute atomic E-state index is 12.8. The Kier molecular flexibility index (Phi) is 8.03. The van der Waals surface area contributed by atoms with Crippen LogP contribution >= 0.6 is 0 Å². The minimum atomic E-state index is -0.718. The van der Waals surface area contributed by atoms with Crippen LogP contribution in [0.25, 0.3) is 0 Å².